The Kier molecular flexibility index (Phi) is 6.91. The van der Waals surface area contributed by atoms with E-state index < -0.39 is 10.0 Å². The molecule has 11 heteroatoms. The van der Waals surface area contributed by atoms with Crippen LogP contribution >= 0.6 is 11.6 Å². The number of nitrogens with one attached hydrogen (secondary N) is 3. The van der Waals surface area contributed by atoms with Crippen LogP contribution < -0.4 is 16.0 Å². The number of sulfonamides is 1. The number of para-hydroxylation sites is 2. The molecule has 1 unspecified atom stereocenters. The number of piperidine rings is 1. The summed E-state index contributed by atoms with van der Waals surface area (Å²) in [7, 11) is -3.25. The topological polar surface area (TPSA) is 116 Å². The van der Waals surface area contributed by atoms with Crippen molar-refractivity contribution in [1.29, 1.82) is 0 Å². The van der Waals surface area contributed by atoms with Crippen molar-refractivity contribution in [3.8, 4) is 0 Å². The Balaban J connectivity index is 1.77. The van der Waals surface area contributed by atoms with E-state index in [1.54, 1.807) is 18.2 Å². The van der Waals surface area contributed by atoms with Gasteiger partial charge >= 0.3 is 0 Å². The lowest BCUT2D eigenvalue weighted by Gasteiger charge is -2.31. The lowest BCUT2D eigenvalue weighted by molar-refractivity contribution is -0.111. The van der Waals surface area contributed by atoms with Gasteiger partial charge in [0.2, 0.25) is 21.9 Å². The molecule has 0 radical (unpaired) electrons. The van der Waals surface area contributed by atoms with Crippen molar-refractivity contribution in [2.24, 2.45) is 0 Å². The van der Waals surface area contributed by atoms with Gasteiger partial charge < -0.3 is 16.0 Å². The quantitative estimate of drug-likeness (QED) is 0.555. The molecule has 0 spiro atoms. The van der Waals surface area contributed by atoms with Crippen molar-refractivity contribution in [3.05, 3.63) is 48.1 Å². The van der Waals surface area contributed by atoms with Gasteiger partial charge in [-0.25, -0.2) is 17.7 Å². The Hall–Kier alpha value is -2.69. The minimum absolute atomic E-state index is 0.110. The van der Waals surface area contributed by atoms with E-state index in [-0.39, 0.29) is 11.9 Å². The fraction of sp³-hybridized carbons (Fsp3) is 0.316. The molecule has 0 saturated carbocycles. The van der Waals surface area contributed by atoms with Crippen LogP contribution in [0.2, 0.25) is 5.02 Å². The number of benzene rings is 1. The summed E-state index contributed by atoms with van der Waals surface area (Å²) in [6, 6.07) is 6.99. The van der Waals surface area contributed by atoms with E-state index in [9.17, 15) is 13.2 Å². The second-order valence-corrected chi connectivity index (χ2v) is 9.25. The normalized spacial score (nSPS) is 17.2. The van der Waals surface area contributed by atoms with Crippen molar-refractivity contribution in [2.45, 2.75) is 18.9 Å². The summed E-state index contributed by atoms with van der Waals surface area (Å²) >= 11 is 6.25. The van der Waals surface area contributed by atoms with Crippen LogP contribution in [0.25, 0.3) is 0 Å². The lowest BCUT2D eigenvalue weighted by Crippen LogP contribution is -2.44. The maximum atomic E-state index is 11.8. The molecular weight excluding hydrogens is 428 g/mol. The Morgan fingerprint density at radius 3 is 2.77 bits per heavy atom. The zero-order valence-corrected chi connectivity index (χ0v) is 18.0. The van der Waals surface area contributed by atoms with E-state index in [0.717, 1.165) is 12.8 Å². The molecule has 1 saturated heterocycles. The molecule has 1 amide bonds. The molecule has 2 aromatic rings. The molecule has 1 aromatic heterocycles. The first-order valence-electron chi connectivity index (χ1n) is 9.30. The van der Waals surface area contributed by atoms with Crippen molar-refractivity contribution in [2.75, 3.05) is 35.3 Å². The number of carbonyl (C=O) groups excluding carboxylic acids is 1. The van der Waals surface area contributed by atoms with Crippen LogP contribution in [0, 0.1) is 0 Å². The average molecular weight is 451 g/mol. The number of aromatic nitrogens is 2. The summed E-state index contributed by atoms with van der Waals surface area (Å²) in [6.07, 6.45) is 5.40. The lowest BCUT2D eigenvalue weighted by atomic mass is 10.1. The van der Waals surface area contributed by atoms with Crippen LogP contribution in [0.3, 0.4) is 0 Å². The number of halogens is 1. The molecule has 1 aromatic carbocycles. The molecule has 1 aliphatic rings. The molecular formula is C19H23ClN6O3S. The summed E-state index contributed by atoms with van der Waals surface area (Å²) in [4.78, 5) is 20.3. The molecule has 160 valence electrons. The third-order valence-corrected chi connectivity index (χ3v) is 6.10. The minimum Gasteiger partial charge on any atom is -0.350 e. The second-order valence-electron chi connectivity index (χ2n) is 6.86. The van der Waals surface area contributed by atoms with Gasteiger partial charge in [0.15, 0.2) is 5.82 Å². The number of amides is 1. The molecule has 3 rings (SSSR count). The summed E-state index contributed by atoms with van der Waals surface area (Å²) in [6.45, 7) is 4.31. The van der Waals surface area contributed by atoms with Gasteiger partial charge in [0, 0.05) is 19.1 Å². The van der Waals surface area contributed by atoms with Gasteiger partial charge in [0.25, 0.3) is 0 Å². The molecule has 0 bridgehead atoms. The van der Waals surface area contributed by atoms with Gasteiger partial charge in [0.1, 0.15) is 5.02 Å². The molecule has 3 N–H and O–H groups in total. The Morgan fingerprint density at radius 1 is 1.33 bits per heavy atom. The first kappa shape index (κ1) is 22.0. The van der Waals surface area contributed by atoms with E-state index >= 15 is 0 Å². The van der Waals surface area contributed by atoms with Crippen molar-refractivity contribution in [1.82, 2.24) is 14.3 Å². The third kappa shape index (κ3) is 5.68. The largest absolute Gasteiger partial charge is 0.350 e. The number of nitrogens with zero attached hydrogens (tertiary/aromatic N) is 3. The summed E-state index contributed by atoms with van der Waals surface area (Å²) in [5.74, 6) is 0.341. The van der Waals surface area contributed by atoms with E-state index in [4.69, 9.17) is 11.6 Å². The van der Waals surface area contributed by atoms with Crippen molar-refractivity contribution >= 4 is 50.7 Å². The molecule has 0 aliphatic carbocycles. The monoisotopic (exact) mass is 450 g/mol. The first-order valence-corrected chi connectivity index (χ1v) is 11.5. The van der Waals surface area contributed by atoms with Crippen molar-refractivity contribution < 1.29 is 13.2 Å². The maximum absolute atomic E-state index is 11.8. The molecule has 9 nitrogen and oxygen atoms in total. The van der Waals surface area contributed by atoms with Gasteiger partial charge in [0.05, 0.1) is 23.8 Å². The Labute approximate surface area is 180 Å². The highest BCUT2D eigenvalue weighted by molar-refractivity contribution is 7.88. The highest BCUT2D eigenvalue weighted by atomic mass is 35.5. The van der Waals surface area contributed by atoms with E-state index in [2.05, 4.69) is 32.5 Å². The van der Waals surface area contributed by atoms with Gasteiger partial charge in [-0.1, -0.05) is 30.3 Å². The highest BCUT2D eigenvalue weighted by Crippen LogP contribution is 2.29. The number of rotatable bonds is 7. The average Bonchev–Trinajstić information content (AvgIpc) is 2.71. The molecule has 1 aliphatic heterocycles. The van der Waals surface area contributed by atoms with Crippen LogP contribution in [-0.4, -0.2) is 54.0 Å². The molecule has 1 fully saturated rings. The summed E-state index contributed by atoms with van der Waals surface area (Å²) < 4.78 is 25.1. The van der Waals surface area contributed by atoms with E-state index in [1.165, 1.54) is 22.8 Å². The second kappa shape index (κ2) is 9.41. The van der Waals surface area contributed by atoms with E-state index in [0.29, 0.717) is 41.3 Å². The molecule has 1 atom stereocenters. The summed E-state index contributed by atoms with van der Waals surface area (Å²) in [5.41, 5.74) is 1.14. The van der Waals surface area contributed by atoms with Crippen molar-refractivity contribution in [3.63, 3.8) is 0 Å². The standard InChI is InChI=1S/C19H23ClN6O3S/c1-3-17(27)23-15-8-4-5-9-16(15)24-18-14(20)11-21-19(25-18)22-13-7-6-10-26(12-13)30(2,28)29/h3-5,8-9,11,13H,1,6-7,10,12H2,2H3,(H,23,27)(H2,21,22,24,25). The zero-order valence-electron chi connectivity index (χ0n) is 16.4. The third-order valence-electron chi connectivity index (χ3n) is 4.55. The van der Waals surface area contributed by atoms with Crippen LogP contribution in [0.1, 0.15) is 12.8 Å². The Bertz CT molecular complexity index is 1050. The smallest absolute Gasteiger partial charge is 0.247 e. The molecule has 30 heavy (non-hydrogen) atoms. The minimum atomic E-state index is -3.25. The predicted octanol–water partition coefficient (Wildman–Crippen LogP) is 2.83. The fourth-order valence-corrected chi connectivity index (χ4v) is 4.13. The number of hydrogen-bond donors (Lipinski definition) is 3. The zero-order chi connectivity index (χ0) is 21.7. The maximum Gasteiger partial charge on any atom is 0.247 e. The SMILES string of the molecule is C=CC(=O)Nc1ccccc1Nc1nc(NC2CCCN(S(C)(=O)=O)C2)ncc1Cl. The highest BCUT2D eigenvalue weighted by Gasteiger charge is 2.26. The van der Waals surface area contributed by atoms with Crippen LogP contribution in [0.4, 0.5) is 23.1 Å². The van der Waals surface area contributed by atoms with Crippen LogP contribution in [-0.2, 0) is 14.8 Å². The Morgan fingerprint density at radius 2 is 2.07 bits per heavy atom. The molecule has 2 heterocycles. The van der Waals surface area contributed by atoms with Gasteiger partial charge in [-0.3, -0.25) is 4.79 Å². The predicted molar refractivity (Wildman–Crippen MR) is 119 cm³/mol. The number of hydrogen-bond acceptors (Lipinski definition) is 7. The number of carbonyl (C=O) groups is 1. The van der Waals surface area contributed by atoms with Gasteiger partial charge in [-0.15, -0.1) is 0 Å². The van der Waals surface area contributed by atoms with E-state index in [1.807, 2.05) is 6.07 Å². The van der Waals surface area contributed by atoms with Gasteiger partial charge in [-0.05, 0) is 31.1 Å². The first-order chi connectivity index (χ1) is 14.3. The van der Waals surface area contributed by atoms with Crippen LogP contribution in [0.5, 0.6) is 0 Å². The number of anilines is 4. The fourth-order valence-electron chi connectivity index (χ4n) is 3.08. The van der Waals surface area contributed by atoms with Crippen LogP contribution in [0.15, 0.2) is 43.1 Å². The van der Waals surface area contributed by atoms with Gasteiger partial charge in [-0.2, -0.15) is 4.98 Å². The summed E-state index contributed by atoms with van der Waals surface area (Å²) in [5, 5.41) is 9.30.